The molecule has 6 rings (SSSR count). The Morgan fingerprint density at radius 1 is 1.15 bits per heavy atom. The van der Waals surface area contributed by atoms with Gasteiger partial charge in [0, 0.05) is 30.8 Å². The van der Waals surface area contributed by atoms with E-state index in [1.807, 2.05) is 0 Å². The van der Waals surface area contributed by atoms with Crippen molar-refractivity contribution in [1.82, 2.24) is 35.7 Å². The number of phenols is 1. The number of pyridine rings is 2. The number of thioether (sulfide) groups is 1. The molecule has 18 heteroatoms. The Balaban J connectivity index is 1.25. The first kappa shape index (κ1) is 30.8. The van der Waals surface area contributed by atoms with Crippen LogP contribution in [0.2, 0.25) is 0 Å². The molecule has 3 amide bonds. The van der Waals surface area contributed by atoms with Gasteiger partial charge in [0.15, 0.2) is 5.01 Å². The smallest absolute Gasteiger partial charge is 0.353 e. The van der Waals surface area contributed by atoms with Crippen LogP contribution >= 0.6 is 35.3 Å². The maximum Gasteiger partial charge on any atom is 0.353 e. The number of carbonyl (C=O) groups is 4. The number of benzene rings is 1. The van der Waals surface area contributed by atoms with Gasteiger partial charge in [-0.15, -0.1) is 22.0 Å². The first-order chi connectivity index (χ1) is 22.1. The summed E-state index contributed by atoms with van der Waals surface area (Å²) in [7, 11) is 1.65. The number of β-lactam (4-membered cyclic amide) rings is 1. The largest absolute Gasteiger partial charge is 0.508 e. The van der Waals surface area contributed by atoms with Crippen LogP contribution < -0.4 is 21.4 Å². The number of anilines is 1. The normalized spacial score (nSPS) is 17.9. The highest BCUT2D eigenvalue weighted by Crippen LogP contribution is 2.42. The lowest BCUT2D eigenvalue weighted by molar-refractivity contribution is -0.150. The summed E-state index contributed by atoms with van der Waals surface area (Å²) in [5.74, 6) is -3.72. The van der Waals surface area contributed by atoms with Crippen LogP contribution in [-0.4, -0.2) is 88.0 Å². The lowest BCUT2D eigenvalue weighted by Gasteiger charge is -2.49. The number of carboxylic acid groups (broad SMARTS) is 1. The van der Waals surface area contributed by atoms with Crippen molar-refractivity contribution in [2.75, 3.05) is 18.1 Å². The number of phenolic OH excluding ortho intramolecular Hbond substituents is 1. The molecular formula is C28H22N8O7S3. The summed E-state index contributed by atoms with van der Waals surface area (Å²) in [5, 5.41) is 35.8. The first-order valence-corrected chi connectivity index (χ1v) is 15.7. The van der Waals surface area contributed by atoms with E-state index in [-0.39, 0.29) is 44.3 Å². The van der Waals surface area contributed by atoms with Crippen molar-refractivity contribution in [2.45, 2.75) is 17.5 Å². The topological polar surface area (TPSA) is 220 Å². The zero-order valence-corrected chi connectivity index (χ0v) is 26.0. The number of aromatic hydroxyl groups is 1. The van der Waals surface area contributed by atoms with Crippen LogP contribution in [0.1, 0.15) is 27.0 Å². The Bertz CT molecular complexity index is 2030. The Morgan fingerprint density at radius 3 is 2.61 bits per heavy atom. The third kappa shape index (κ3) is 5.46. The van der Waals surface area contributed by atoms with Crippen molar-refractivity contribution in [3.63, 3.8) is 0 Å². The number of hydrogen-bond donors (Lipinski definition) is 6. The van der Waals surface area contributed by atoms with E-state index in [0.717, 1.165) is 16.2 Å². The lowest BCUT2D eigenvalue weighted by Crippen LogP contribution is -2.71. The van der Waals surface area contributed by atoms with Gasteiger partial charge in [-0.05, 0) is 29.8 Å². The van der Waals surface area contributed by atoms with Gasteiger partial charge in [0.1, 0.15) is 40.0 Å². The van der Waals surface area contributed by atoms with Gasteiger partial charge < -0.3 is 31.1 Å². The quantitative estimate of drug-likeness (QED) is 0.0832. The highest BCUT2D eigenvalue weighted by Gasteiger charge is 2.55. The van der Waals surface area contributed by atoms with E-state index >= 15 is 0 Å². The number of aromatic nitrogens is 4. The third-order valence-electron chi connectivity index (χ3n) is 7.22. The molecule has 0 spiro atoms. The van der Waals surface area contributed by atoms with E-state index in [1.54, 1.807) is 19.2 Å². The van der Waals surface area contributed by atoms with Gasteiger partial charge in [-0.2, -0.15) is 0 Å². The maximum atomic E-state index is 13.7. The Hall–Kier alpha value is -5.20. The summed E-state index contributed by atoms with van der Waals surface area (Å²) >= 11 is 7.86. The number of hydrogen-bond acceptors (Lipinski definition) is 13. The summed E-state index contributed by atoms with van der Waals surface area (Å²) in [6, 6.07) is 6.14. The van der Waals surface area contributed by atoms with Crippen LogP contribution in [0.3, 0.4) is 0 Å². The van der Waals surface area contributed by atoms with E-state index in [0.29, 0.717) is 15.7 Å². The van der Waals surface area contributed by atoms with Gasteiger partial charge in [0.25, 0.3) is 11.8 Å². The van der Waals surface area contributed by atoms with E-state index in [9.17, 15) is 34.2 Å². The van der Waals surface area contributed by atoms with Crippen LogP contribution in [0, 0.1) is 0 Å². The fourth-order valence-electron chi connectivity index (χ4n) is 4.97. The van der Waals surface area contributed by atoms with E-state index in [4.69, 9.17) is 12.2 Å². The number of carboxylic acids is 1. The minimum Gasteiger partial charge on any atom is -0.508 e. The SMILES string of the molecule is CNc1nnc(C(=S)C2=C(C(=O)O)N3C(=O)C(NC(=O)C(NC(=O)c4c[nH]c5cccnc5c4=O)c4ccc(O)cc4)[C@@H]3SC2)s1. The molecule has 1 fully saturated rings. The maximum absolute atomic E-state index is 13.7. The summed E-state index contributed by atoms with van der Waals surface area (Å²) < 4.78 is 0. The third-order valence-corrected chi connectivity index (χ3v) is 10.0. The predicted octanol–water partition coefficient (Wildman–Crippen LogP) is 1.15. The molecule has 6 N–H and O–H groups in total. The van der Waals surface area contributed by atoms with E-state index in [2.05, 4.69) is 36.1 Å². The molecule has 2 aliphatic heterocycles. The van der Waals surface area contributed by atoms with Gasteiger partial charge in [0.05, 0.1) is 10.4 Å². The molecule has 3 aromatic heterocycles. The van der Waals surface area contributed by atoms with Gasteiger partial charge >= 0.3 is 5.97 Å². The highest BCUT2D eigenvalue weighted by atomic mass is 32.2. The summed E-state index contributed by atoms with van der Waals surface area (Å²) in [5.41, 5.74) is -0.339. The molecule has 4 aromatic rings. The van der Waals surface area contributed by atoms with Crippen LogP contribution in [0.15, 0.2) is 64.9 Å². The lowest BCUT2D eigenvalue weighted by atomic mass is 9.99. The predicted molar refractivity (Wildman–Crippen MR) is 172 cm³/mol. The molecule has 0 bridgehead atoms. The van der Waals surface area contributed by atoms with Gasteiger partial charge in [0.2, 0.25) is 16.5 Å². The molecule has 5 heterocycles. The van der Waals surface area contributed by atoms with E-state index < -0.39 is 46.6 Å². The van der Waals surface area contributed by atoms with E-state index in [1.165, 1.54) is 48.4 Å². The molecule has 2 unspecified atom stereocenters. The van der Waals surface area contributed by atoms with Crippen LogP contribution in [0.5, 0.6) is 5.75 Å². The second kappa shape index (κ2) is 12.3. The van der Waals surface area contributed by atoms with Crippen molar-refractivity contribution in [3.05, 3.63) is 86.4 Å². The number of H-pyrrole nitrogens is 1. The Kier molecular flexibility index (Phi) is 8.24. The van der Waals surface area contributed by atoms with Crippen molar-refractivity contribution >= 4 is 80.0 Å². The molecular weight excluding hydrogens is 657 g/mol. The van der Waals surface area contributed by atoms with Crippen LogP contribution in [0.25, 0.3) is 11.0 Å². The second-order valence-electron chi connectivity index (χ2n) is 9.95. The summed E-state index contributed by atoms with van der Waals surface area (Å²) in [6.07, 6.45) is 2.62. The minimum atomic E-state index is -1.40. The number of nitrogens with zero attached hydrogens (tertiary/aromatic N) is 4. The van der Waals surface area contributed by atoms with Crippen LogP contribution in [0.4, 0.5) is 5.13 Å². The Labute approximate surface area is 272 Å². The molecule has 15 nitrogen and oxygen atoms in total. The number of fused-ring (bicyclic) bond motifs is 2. The zero-order valence-electron chi connectivity index (χ0n) is 23.5. The van der Waals surface area contributed by atoms with Crippen molar-refractivity contribution in [1.29, 1.82) is 0 Å². The molecule has 1 saturated heterocycles. The minimum absolute atomic E-state index is 0.0324. The molecule has 0 radical (unpaired) electrons. The standard InChI is InChI=1S/C28H22N8O7S3/c1-29-28-35-34-24(46-28)21(44)14-10-45-26-18(25(41)36(26)19(14)27(42)43)33-23(40)16(11-4-6-12(37)7-5-11)32-22(39)13-9-31-15-3-2-8-30-17(15)20(13)38/h2-9,16,18,26,37H,10H2,1H3,(H,29,35)(H,31,38)(H,32,39)(H,33,40)(H,42,43)/t16?,18?,26-/m0/s1. The van der Waals surface area contributed by atoms with Crippen LogP contribution in [-0.2, 0) is 14.4 Å². The fourth-order valence-corrected chi connectivity index (χ4v) is 7.41. The number of nitrogens with one attached hydrogen (secondary N) is 4. The number of amides is 3. The highest BCUT2D eigenvalue weighted by molar-refractivity contribution is 8.00. The number of thiocarbonyl (C=S) groups is 1. The monoisotopic (exact) mass is 678 g/mol. The molecule has 46 heavy (non-hydrogen) atoms. The first-order valence-electron chi connectivity index (χ1n) is 13.4. The average Bonchev–Trinajstić information content (AvgIpc) is 3.55. The summed E-state index contributed by atoms with van der Waals surface area (Å²) in [6.45, 7) is 0. The van der Waals surface area contributed by atoms with Gasteiger partial charge in [-0.1, -0.05) is 35.7 Å². The number of carbonyl (C=O) groups excluding carboxylic acids is 3. The number of aliphatic carboxylic acids is 1. The van der Waals surface area contributed by atoms with Crippen molar-refractivity contribution in [3.8, 4) is 5.75 Å². The van der Waals surface area contributed by atoms with Gasteiger partial charge in [-0.25, -0.2) is 4.79 Å². The molecule has 3 atom stereocenters. The van der Waals surface area contributed by atoms with Crippen molar-refractivity contribution < 1.29 is 29.4 Å². The molecule has 1 aromatic carbocycles. The number of rotatable bonds is 9. The van der Waals surface area contributed by atoms with Gasteiger partial charge in [-0.3, -0.25) is 29.1 Å². The average molecular weight is 679 g/mol. The molecule has 2 aliphatic rings. The molecule has 234 valence electrons. The molecule has 0 aliphatic carbocycles. The summed E-state index contributed by atoms with van der Waals surface area (Å²) in [4.78, 5) is 73.8. The fraction of sp³-hybridized carbons (Fsp3) is 0.179. The second-order valence-corrected chi connectivity index (χ2v) is 12.4. The molecule has 0 saturated carbocycles. The van der Waals surface area contributed by atoms with Crippen molar-refractivity contribution in [2.24, 2.45) is 0 Å². The number of aromatic amines is 1. The zero-order chi connectivity index (χ0) is 32.7. The Morgan fingerprint density at radius 2 is 1.91 bits per heavy atom.